The average molecular weight is 368 g/mol. The fourth-order valence-electron chi connectivity index (χ4n) is 2.63. The molecule has 3 rings (SSSR count). The van der Waals surface area contributed by atoms with Gasteiger partial charge >= 0.3 is 11.9 Å². The zero-order valence-electron chi connectivity index (χ0n) is 14.5. The van der Waals surface area contributed by atoms with Crippen LogP contribution >= 0.6 is 0 Å². The lowest BCUT2D eigenvalue weighted by atomic mass is 10.0. The first kappa shape index (κ1) is 18.0. The highest BCUT2D eigenvalue weighted by Crippen LogP contribution is 2.34. The molecule has 27 heavy (non-hydrogen) atoms. The Bertz CT molecular complexity index is 1010. The van der Waals surface area contributed by atoms with E-state index in [0.717, 1.165) is 0 Å². The van der Waals surface area contributed by atoms with Crippen LogP contribution in [0.2, 0.25) is 0 Å². The predicted molar refractivity (Wildman–Crippen MR) is 95.0 cm³/mol. The third-order valence-electron chi connectivity index (χ3n) is 3.90. The van der Waals surface area contributed by atoms with Gasteiger partial charge in [0.25, 0.3) is 0 Å². The standard InChI is InChI=1S/C19H16N2O6/c1-26-18(24)15-16(11-8-9-13(22)14(23)10-11)20-21(17(15)19(25)27-2)12-6-4-3-5-7-12/h3-10,22-23H,1-2H3. The lowest BCUT2D eigenvalue weighted by Crippen LogP contribution is -2.15. The van der Waals surface area contributed by atoms with Gasteiger partial charge in [0, 0.05) is 5.56 Å². The van der Waals surface area contributed by atoms with Crippen molar-refractivity contribution in [1.82, 2.24) is 9.78 Å². The molecule has 8 nitrogen and oxygen atoms in total. The van der Waals surface area contributed by atoms with Gasteiger partial charge in [-0.15, -0.1) is 0 Å². The van der Waals surface area contributed by atoms with Crippen molar-refractivity contribution in [3.63, 3.8) is 0 Å². The number of nitrogens with zero attached hydrogens (tertiary/aromatic N) is 2. The van der Waals surface area contributed by atoms with Crippen LogP contribution in [0.15, 0.2) is 48.5 Å². The first-order valence-electron chi connectivity index (χ1n) is 7.85. The number of carbonyl (C=O) groups excluding carboxylic acids is 2. The number of ether oxygens (including phenoxy) is 2. The maximum Gasteiger partial charge on any atom is 0.357 e. The van der Waals surface area contributed by atoms with E-state index >= 15 is 0 Å². The highest BCUT2D eigenvalue weighted by Gasteiger charge is 2.31. The molecule has 138 valence electrons. The number of para-hydroxylation sites is 1. The van der Waals surface area contributed by atoms with Crippen LogP contribution in [0, 0.1) is 0 Å². The van der Waals surface area contributed by atoms with Crippen LogP contribution in [0.4, 0.5) is 0 Å². The largest absolute Gasteiger partial charge is 0.504 e. The summed E-state index contributed by atoms with van der Waals surface area (Å²) in [6.45, 7) is 0. The van der Waals surface area contributed by atoms with E-state index in [0.29, 0.717) is 11.3 Å². The molecule has 2 N–H and O–H groups in total. The molecule has 2 aromatic carbocycles. The number of benzene rings is 2. The minimum absolute atomic E-state index is 0.0985. The number of carbonyl (C=O) groups is 2. The summed E-state index contributed by atoms with van der Waals surface area (Å²) in [5, 5.41) is 23.7. The molecule has 0 spiro atoms. The molecule has 8 heteroatoms. The topological polar surface area (TPSA) is 111 Å². The summed E-state index contributed by atoms with van der Waals surface area (Å²) in [6.07, 6.45) is 0. The van der Waals surface area contributed by atoms with Crippen molar-refractivity contribution >= 4 is 11.9 Å². The Morgan fingerprint density at radius 2 is 1.59 bits per heavy atom. The highest BCUT2D eigenvalue weighted by molar-refractivity contribution is 6.06. The Morgan fingerprint density at radius 1 is 0.926 bits per heavy atom. The third kappa shape index (κ3) is 3.20. The maximum absolute atomic E-state index is 12.5. The van der Waals surface area contributed by atoms with E-state index in [1.54, 1.807) is 30.3 Å². The van der Waals surface area contributed by atoms with E-state index < -0.39 is 17.7 Å². The Kier molecular flexibility index (Phi) is 4.80. The summed E-state index contributed by atoms with van der Waals surface area (Å²) in [5.74, 6) is -2.28. The van der Waals surface area contributed by atoms with Gasteiger partial charge in [-0.25, -0.2) is 14.3 Å². The maximum atomic E-state index is 12.5. The smallest absolute Gasteiger partial charge is 0.357 e. The molecular weight excluding hydrogens is 352 g/mol. The van der Waals surface area contributed by atoms with Crippen molar-refractivity contribution in [1.29, 1.82) is 0 Å². The Labute approximate surface area is 154 Å². The van der Waals surface area contributed by atoms with Crippen LogP contribution in [0.5, 0.6) is 11.5 Å². The van der Waals surface area contributed by atoms with Crippen LogP contribution in [0.25, 0.3) is 16.9 Å². The van der Waals surface area contributed by atoms with Crippen molar-refractivity contribution in [2.45, 2.75) is 0 Å². The molecule has 0 unspecified atom stereocenters. The van der Waals surface area contributed by atoms with Gasteiger partial charge in [-0.3, -0.25) is 0 Å². The summed E-state index contributed by atoms with van der Waals surface area (Å²) in [6, 6.07) is 12.7. The number of rotatable bonds is 4. The molecule has 0 atom stereocenters. The quantitative estimate of drug-likeness (QED) is 0.538. The van der Waals surface area contributed by atoms with Crippen LogP contribution in [-0.4, -0.2) is 46.2 Å². The first-order chi connectivity index (χ1) is 13.0. The molecule has 0 radical (unpaired) electrons. The van der Waals surface area contributed by atoms with Gasteiger partial charge in [-0.05, 0) is 30.3 Å². The molecule has 0 aliphatic heterocycles. The van der Waals surface area contributed by atoms with Gasteiger partial charge in [0.05, 0.1) is 19.9 Å². The third-order valence-corrected chi connectivity index (χ3v) is 3.90. The second kappa shape index (κ2) is 7.20. The van der Waals surface area contributed by atoms with Crippen molar-refractivity contribution in [3.05, 3.63) is 59.8 Å². The van der Waals surface area contributed by atoms with Crippen molar-refractivity contribution in [2.75, 3.05) is 14.2 Å². The monoisotopic (exact) mass is 368 g/mol. The summed E-state index contributed by atoms with van der Waals surface area (Å²) >= 11 is 0. The number of methoxy groups -OCH3 is 2. The summed E-state index contributed by atoms with van der Waals surface area (Å²) in [4.78, 5) is 24.9. The highest BCUT2D eigenvalue weighted by atomic mass is 16.5. The molecular formula is C19H16N2O6. The van der Waals surface area contributed by atoms with Crippen LogP contribution < -0.4 is 0 Å². The minimum atomic E-state index is -0.792. The number of hydrogen-bond acceptors (Lipinski definition) is 7. The zero-order chi connectivity index (χ0) is 19.6. The fourth-order valence-corrected chi connectivity index (χ4v) is 2.63. The van der Waals surface area contributed by atoms with E-state index in [4.69, 9.17) is 9.47 Å². The molecule has 0 saturated heterocycles. The first-order valence-corrected chi connectivity index (χ1v) is 7.85. The van der Waals surface area contributed by atoms with Crippen LogP contribution in [0.3, 0.4) is 0 Å². The van der Waals surface area contributed by atoms with Gasteiger partial charge in [0.15, 0.2) is 17.2 Å². The fraction of sp³-hybridized carbons (Fsp3) is 0.105. The molecule has 0 fully saturated rings. The van der Waals surface area contributed by atoms with Crippen molar-refractivity contribution in [3.8, 4) is 28.4 Å². The van der Waals surface area contributed by atoms with E-state index in [9.17, 15) is 19.8 Å². The SMILES string of the molecule is COC(=O)c1c(-c2ccc(O)c(O)c2)nn(-c2ccccc2)c1C(=O)OC. The molecule has 0 saturated carbocycles. The molecule has 0 aliphatic carbocycles. The molecule has 3 aromatic rings. The normalized spacial score (nSPS) is 10.4. The number of phenols is 2. The van der Waals surface area contributed by atoms with Crippen LogP contribution in [0.1, 0.15) is 20.8 Å². The minimum Gasteiger partial charge on any atom is -0.504 e. The Hall–Kier alpha value is -3.81. The summed E-state index contributed by atoms with van der Waals surface area (Å²) < 4.78 is 10.9. The van der Waals surface area contributed by atoms with Crippen molar-refractivity contribution < 1.29 is 29.3 Å². The van der Waals surface area contributed by atoms with Gasteiger partial charge < -0.3 is 19.7 Å². The molecule has 0 bridgehead atoms. The summed E-state index contributed by atoms with van der Waals surface area (Å²) in [7, 11) is 2.37. The number of phenolic OH excluding ortho intramolecular Hbond substituents is 2. The van der Waals surface area contributed by atoms with E-state index in [1.165, 1.54) is 37.1 Å². The molecule has 0 aliphatic rings. The predicted octanol–water partition coefficient (Wildman–Crippen LogP) is 2.52. The second-order valence-electron chi connectivity index (χ2n) is 5.51. The lowest BCUT2D eigenvalue weighted by molar-refractivity contribution is 0.0549. The average Bonchev–Trinajstić information content (AvgIpc) is 3.10. The zero-order valence-corrected chi connectivity index (χ0v) is 14.5. The van der Waals surface area contributed by atoms with Gasteiger partial charge in [0.1, 0.15) is 11.3 Å². The second-order valence-corrected chi connectivity index (χ2v) is 5.51. The van der Waals surface area contributed by atoms with E-state index in [1.807, 2.05) is 0 Å². The van der Waals surface area contributed by atoms with Crippen LogP contribution in [-0.2, 0) is 9.47 Å². The Balaban J connectivity index is 2.36. The molecule has 1 heterocycles. The van der Waals surface area contributed by atoms with E-state index in [2.05, 4.69) is 5.10 Å². The van der Waals surface area contributed by atoms with Gasteiger partial charge in [-0.1, -0.05) is 18.2 Å². The van der Waals surface area contributed by atoms with Crippen molar-refractivity contribution in [2.24, 2.45) is 0 Å². The van der Waals surface area contributed by atoms with E-state index in [-0.39, 0.29) is 22.7 Å². The molecule has 1 aromatic heterocycles. The number of esters is 2. The number of aromatic hydroxyl groups is 2. The molecule has 0 amide bonds. The van der Waals surface area contributed by atoms with Gasteiger partial charge in [0.2, 0.25) is 0 Å². The lowest BCUT2D eigenvalue weighted by Gasteiger charge is -2.07. The number of aromatic nitrogens is 2. The van der Waals surface area contributed by atoms with Gasteiger partial charge in [-0.2, -0.15) is 5.10 Å². The summed E-state index contributed by atoms with van der Waals surface area (Å²) in [5.41, 5.74) is 0.709. The Morgan fingerprint density at radius 3 is 2.19 bits per heavy atom. The number of hydrogen-bond donors (Lipinski definition) is 2.